The number of rotatable bonds is 2. The summed E-state index contributed by atoms with van der Waals surface area (Å²) in [6, 6.07) is 0.617. The van der Waals surface area contributed by atoms with E-state index in [2.05, 4.69) is 32.6 Å². The summed E-state index contributed by atoms with van der Waals surface area (Å²) in [6.45, 7) is 11.3. The maximum atomic E-state index is 6.18. The topological polar surface area (TPSA) is 12.5 Å². The molecule has 1 saturated heterocycles. The fourth-order valence-electron chi connectivity index (χ4n) is 3.66. The predicted octanol–water partition coefficient (Wildman–Crippen LogP) is 2.88. The van der Waals surface area contributed by atoms with Crippen LogP contribution in [0.2, 0.25) is 0 Å². The van der Waals surface area contributed by atoms with Crippen LogP contribution in [0.3, 0.4) is 0 Å². The van der Waals surface area contributed by atoms with E-state index in [1.54, 1.807) is 0 Å². The zero-order valence-corrected chi connectivity index (χ0v) is 10.6. The van der Waals surface area contributed by atoms with Gasteiger partial charge in [-0.3, -0.25) is 4.90 Å². The van der Waals surface area contributed by atoms with E-state index >= 15 is 0 Å². The normalized spacial score (nSPS) is 37.6. The average Bonchev–Trinajstić information content (AvgIpc) is 2.74. The number of ether oxygens (including phenoxy) is 1. The lowest BCUT2D eigenvalue weighted by Crippen LogP contribution is -2.52. The third-order valence-corrected chi connectivity index (χ3v) is 4.23. The van der Waals surface area contributed by atoms with Crippen LogP contribution in [-0.4, -0.2) is 29.8 Å². The Hall–Kier alpha value is -0.0800. The number of nitrogens with zero attached hydrogens (tertiary/aromatic N) is 1. The van der Waals surface area contributed by atoms with E-state index in [1.807, 2.05) is 0 Å². The summed E-state index contributed by atoms with van der Waals surface area (Å²) in [4.78, 5) is 2.60. The molecule has 1 saturated carbocycles. The van der Waals surface area contributed by atoms with Crippen LogP contribution in [0.15, 0.2) is 0 Å². The highest BCUT2D eigenvalue weighted by atomic mass is 16.5. The van der Waals surface area contributed by atoms with Crippen LogP contribution < -0.4 is 0 Å². The van der Waals surface area contributed by atoms with Crippen molar-refractivity contribution in [3.05, 3.63) is 0 Å². The minimum Gasteiger partial charge on any atom is -0.359 e. The Labute approximate surface area is 94.0 Å². The van der Waals surface area contributed by atoms with Gasteiger partial charge in [-0.1, -0.05) is 13.8 Å². The molecular formula is C13H25NO. The van der Waals surface area contributed by atoms with Crippen LogP contribution in [0.1, 0.15) is 47.0 Å². The molecule has 2 nitrogen and oxygen atoms in total. The molecule has 0 aromatic heterocycles. The van der Waals surface area contributed by atoms with Crippen LogP contribution in [0.5, 0.6) is 0 Å². The first-order valence-electron chi connectivity index (χ1n) is 6.48. The third kappa shape index (κ3) is 1.72. The molecule has 1 aliphatic heterocycles. The van der Waals surface area contributed by atoms with Gasteiger partial charge in [-0.2, -0.15) is 0 Å². The van der Waals surface area contributed by atoms with Gasteiger partial charge < -0.3 is 4.74 Å². The van der Waals surface area contributed by atoms with Crippen LogP contribution >= 0.6 is 0 Å². The van der Waals surface area contributed by atoms with E-state index in [4.69, 9.17) is 4.74 Å². The van der Waals surface area contributed by atoms with Gasteiger partial charge >= 0.3 is 0 Å². The molecule has 88 valence electrons. The number of hydrogen-bond acceptors (Lipinski definition) is 2. The summed E-state index contributed by atoms with van der Waals surface area (Å²) in [5, 5.41) is 0. The van der Waals surface area contributed by atoms with E-state index in [0.29, 0.717) is 6.04 Å². The standard InChI is InChI=1S/C13H25NO/c1-10(2)12-6-5-7-13(12)14(11(3)4)8-9-15-13/h10-12H,5-9H2,1-4H3. The maximum Gasteiger partial charge on any atom is 0.125 e. The fraction of sp³-hybridized carbons (Fsp3) is 1.00. The van der Waals surface area contributed by atoms with E-state index in [1.165, 1.54) is 19.3 Å². The predicted molar refractivity (Wildman–Crippen MR) is 62.7 cm³/mol. The van der Waals surface area contributed by atoms with Crippen LogP contribution in [-0.2, 0) is 4.74 Å². The molecule has 15 heavy (non-hydrogen) atoms. The molecule has 2 fully saturated rings. The Morgan fingerprint density at radius 1 is 1.27 bits per heavy atom. The summed E-state index contributed by atoms with van der Waals surface area (Å²) < 4.78 is 6.18. The molecule has 0 amide bonds. The zero-order chi connectivity index (χ0) is 11.1. The molecule has 2 heteroatoms. The third-order valence-electron chi connectivity index (χ3n) is 4.23. The molecule has 0 N–H and O–H groups in total. The molecule has 0 bridgehead atoms. The lowest BCUT2D eigenvalue weighted by Gasteiger charge is -2.42. The minimum absolute atomic E-state index is 0.0995. The van der Waals surface area contributed by atoms with Crippen molar-refractivity contribution in [1.82, 2.24) is 4.90 Å². The largest absolute Gasteiger partial charge is 0.359 e. The smallest absolute Gasteiger partial charge is 0.125 e. The number of hydrogen-bond donors (Lipinski definition) is 0. The highest BCUT2D eigenvalue weighted by molar-refractivity contribution is 4.99. The van der Waals surface area contributed by atoms with E-state index < -0.39 is 0 Å². The first-order valence-corrected chi connectivity index (χ1v) is 6.48. The molecule has 0 aromatic rings. The van der Waals surface area contributed by atoms with Gasteiger partial charge in [-0.05, 0) is 39.0 Å². The van der Waals surface area contributed by atoms with Crippen LogP contribution in [0.4, 0.5) is 0 Å². The lowest BCUT2D eigenvalue weighted by molar-refractivity contribution is -0.131. The van der Waals surface area contributed by atoms with Gasteiger partial charge in [0.2, 0.25) is 0 Å². The molecule has 2 rings (SSSR count). The molecule has 0 aromatic carbocycles. The Morgan fingerprint density at radius 2 is 2.00 bits per heavy atom. The first kappa shape index (κ1) is 11.4. The molecule has 2 aliphatic rings. The van der Waals surface area contributed by atoms with E-state index in [-0.39, 0.29) is 5.72 Å². The summed E-state index contributed by atoms with van der Waals surface area (Å²) >= 11 is 0. The first-order chi connectivity index (χ1) is 7.08. The quantitative estimate of drug-likeness (QED) is 0.696. The second-order valence-corrected chi connectivity index (χ2v) is 5.72. The highest BCUT2D eigenvalue weighted by Crippen LogP contribution is 2.47. The van der Waals surface area contributed by atoms with Crippen molar-refractivity contribution in [2.24, 2.45) is 11.8 Å². The van der Waals surface area contributed by atoms with Crippen LogP contribution in [0.25, 0.3) is 0 Å². The van der Waals surface area contributed by atoms with E-state index in [0.717, 1.165) is 25.0 Å². The Kier molecular flexibility index (Phi) is 3.09. The maximum absolute atomic E-state index is 6.18. The average molecular weight is 211 g/mol. The summed E-state index contributed by atoms with van der Waals surface area (Å²) in [5.74, 6) is 1.48. The Bertz CT molecular complexity index is 201. The molecular weight excluding hydrogens is 186 g/mol. The van der Waals surface area contributed by atoms with Crippen molar-refractivity contribution >= 4 is 0 Å². The molecule has 0 radical (unpaired) electrons. The second kappa shape index (κ2) is 4.06. The van der Waals surface area contributed by atoms with Crippen molar-refractivity contribution < 1.29 is 4.74 Å². The molecule has 1 aliphatic carbocycles. The van der Waals surface area contributed by atoms with E-state index in [9.17, 15) is 0 Å². The van der Waals surface area contributed by atoms with Gasteiger partial charge in [-0.25, -0.2) is 0 Å². The van der Waals surface area contributed by atoms with Crippen molar-refractivity contribution in [2.75, 3.05) is 13.2 Å². The lowest BCUT2D eigenvalue weighted by atomic mass is 9.86. The molecule has 2 unspecified atom stereocenters. The Morgan fingerprint density at radius 3 is 2.60 bits per heavy atom. The summed E-state index contributed by atoms with van der Waals surface area (Å²) in [6.07, 6.45) is 3.93. The molecule has 2 atom stereocenters. The Balaban J connectivity index is 2.23. The zero-order valence-electron chi connectivity index (χ0n) is 10.6. The molecule has 1 heterocycles. The van der Waals surface area contributed by atoms with Gasteiger partial charge in [-0.15, -0.1) is 0 Å². The van der Waals surface area contributed by atoms with Crippen molar-refractivity contribution in [1.29, 1.82) is 0 Å². The van der Waals surface area contributed by atoms with Gasteiger partial charge in [0.05, 0.1) is 6.61 Å². The van der Waals surface area contributed by atoms with Gasteiger partial charge in [0.15, 0.2) is 0 Å². The SMILES string of the molecule is CC(C)C1CCCC12OCCN2C(C)C. The van der Waals surface area contributed by atoms with Crippen molar-refractivity contribution in [3.63, 3.8) is 0 Å². The van der Waals surface area contributed by atoms with Crippen LogP contribution in [0, 0.1) is 11.8 Å². The van der Waals surface area contributed by atoms with Crippen molar-refractivity contribution in [2.45, 2.75) is 58.7 Å². The summed E-state index contributed by atoms with van der Waals surface area (Å²) in [7, 11) is 0. The minimum atomic E-state index is 0.0995. The summed E-state index contributed by atoms with van der Waals surface area (Å²) in [5.41, 5.74) is 0.0995. The van der Waals surface area contributed by atoms with Crippen molar-refractivity contribution in [3.8, 4) is 0 Å². The van der Waals surface area contributed by atoms with Gasteiger partial charge in [0.25, 0.3) is 0 Å². The molecule has 1 spiro atoms. The van der Waals surface area contributed by atoms with Gasteiger partial charge in [0, 0.05) is 18.5 Å². The second-order valence-electron chi connectivity index (χ2n) is 5.72. The fourth-order valence-corrected chi connectivity index (χ4v) is 3.66. The van der Waals surface area contributed by atoms with Gasteiger partial charge in [0.1, 0.15) is 5.72 Å². The highest BCUT2D eigenvalue weighted by Gasteiger charge is 2.52. The monoisotopic (exact) mass is 211 g/mol.